The molecule has 0 radical (unpaired) electrons. The first-order valence-corrected chi connectivity index (χ1v) is 5.50. The van der Waals surface area contributed by atoms with Crippen LogP contribution in [0.3, 0.4) is 0 Å². The summed E-state index contributed by atoms with van der Waals surface area (Å²) in [6.45, 7) is 2.13. The molecule has 1 heterocycles. The van der Waals surface area contributed by atoms with Crippen molar-refractivity contribution in [1.29, 1.82) is 0 Å². The summed E-state index contributed by atoms with van der Waals surface area (Å²) >= 11 is 0. The van der Waals surface area contributed by atoms with Crippen molar-refractivity contribution in [3.05, 3.63) is 36.2 Å². The summed E-state index contributed by atoms with van der Waals surface area (Å²) < 4.78 is 1.69. The molecule has 2 aromatic rings. The molecule has 0 fully saturated rings. The Morgan fingerprint density at radius 2 is 2.25 bits per heavy atom. The number of nitrogens with zero attached hydrogens (tertiary/aromatic N) is 3. The van der Waals surface area contributed by atoms with Crippen LogP contribution in [0.25, 0.3) is 5.69 Å². The maximum atomic E-state index is 9.86. The van der Waals surface area contributed by atoms with E-state index in [0.717, 1.165) is 30.5 Å². The maximum absolute atomic E-state index is 9.86. The molecule has 0 amide bonds. The highest BCUT2D eigenvalue weighted by molar-refractivity contribution is 5.48. The molecule has 0 bridgehead atoms. The molecule has 0 spiro atoms. The highest BCUT2D eigenvalue weighted by Gasteiger charge is 2.09. The summed E-state index contributed by atoms with van der Waals surface area (Å²) in [6.07, 6.45) is 6.43. The number of benzene rings is 1. The SMILES string of the molecule is CCCCc1c(O)cccc1-n1ccnn1. The largest absolute Gasteiger partial charge is 0.508 e. The Labute approximate surface area is 94.5 Å². The van der Waals surface area contributed by atoms with Crippen molar-refractivity contribution in [1.82, 2.24) is 15.0 Å². The minimum atomic E-state index is 0.335. The van der Waals surface area contributed by atoms with Crippen LogP contribution in [0.5, 0.6) is 5.75 Å². The van der Waals surface area contributed by atoms with Crippen LogP contribution < -0.4 is 0 Å². The Morgan fingerprint density at radius 3 is 2.94 bits per heavy atom. The van der Waals surface area contributed by atoms with Gasteiger partial charge in [-0.1, -0.05) is 24.6 Å². The van der Waals surface area contributed by atoms with Gasteiger partial charge in [0, 0.05) is 5.56 Å². The van der Waals surface area contributed by atoms with Gasteiger partial charge in [-0.25, -0.2) is 4.68 Å². The van der Waals surface area contributed by atoms with E-state index in [-0.39, 0.29) is 0 Å². The molecule has 0 saturated heterocycles. The first-order chi connectivity index (χ1) is 7.83. The summed E-state index contributed by atoms with van der Waals surface area (Å²) in [6, 6.07) is 5.48. The average Bonchev–Trinajstić information content (AvgIpc) is 2.80. The fourth-order valence-corrected chi connectivity index (χ4v) is 1.72. The smallest absolute Gasteiger partial charge is 0.120 e. The normalized spacial score (nSPS) is 10.6. The predicted molar refractivity (Wildman–Crippen MR) is 61.6 cm³/mol. The van der Waals surface area contributed by atoms with Crippen molar-refractivity contribution in [3.63, 3.8) is 0 Å². The van der Waals surface area contributed by atoms with Gasteiger partial charge in [0.1, 0.15) is 5.75 Å². The number of aromatic hydroxyl groups is 1. The first kappa shape index (κ1) is 10.7. The molecule has 0 aliphatic rings. The zero-order valence-corrected chi connectivity index (χ0v) is 9.30. The second-order valence-electron chi connectivity index (χ2n) is 3.73. The Morgan fingerprint density at radius 1 is 1.38 bits per heavy atom. The van der Waals surface area contributed by atoms with Crippen molar-refractivity contribution in [2.75, 3.05) is 0 Å². The summed E-state index contributed by atoms with van der Waals surface area (Å²) in [7, 11) is 0. The topological polar surface area (TPSA) is 50.9 Å². The maximum Gasteiger partial charge on any atom is 0.120 e. The van der Waals surface area contributed by atoms with Gasteiger partial charge in [-0.05, 0) is 25.0 Å². The van der Waals surface area contributed by atoms with Gasteiger partial charge < -0.3 is 5.11 Å². The fraction of sp³-hybridized carbons (Fsp3) is 0.333. The molecule has 0 atom stereocenters. The third-order valence-electron chi connectivity index (χ3n) is 2.58. The van der Waals surface area contributed by atoms with E-state index in [2.05, 4.69) is 17.2 Å². The molecule has 2 rings (SSSR count). The summed E-state index contributed by atoms with van der Waals surface area (Å²) in [5, 5.41) is 17.6. The third-order valence-corrected chi connectivity index (χ3v) is 2.58. The average molecular weight is 217 g/mol. The van der Waals surface area contributed by atoms with Gasteiger partial charge >= 0.3 is 0 Å². The number of phenols is 1. The number of rotatable bonds is 4. The standard InChI is InChI=1S/C12H15N3O/c1-2-3-5-10-11(6-4-7-12(10)16)15-9-8-13-14-15/h4,6-9,16H,2-3,5H2,1H3. The van der Waals surface area contributed by atoms with Crippen LogP contribution >= 0.6 is 0 Å². The molecule has 0 aliphatic carbocycles. The van der Waals surface area contributed by atoms with Gasteiger partial charge in [0.15, 0.2) is 0 Å². The predicted octanol–water partition coefficient (Wildman–Crippen LogP) is 2.32. The number of aromatic nitrogens is 3. The zero-order valence-electron chi connectivity index (χ0n) is 9.30. The van der Waals surface area contributed by atoms with Crippen LogP contribution in [0.2, 0.25) is 0 Å². The molecule has 4 nitrogen and oxygen atoms in total. The Kier molecular flexibility index (Phi) is 3.19. The second-order valence-corrected chi connectivity index (χ2v) is 3.73. The van der Waals surface area contributed by atoms with E-state index in [1.807, 2.05) is 12.1 Å². The van der Waals surface area contributed by atoms with Gasteiger partial charge in [0.05, 0.1) is 18.1 Å². The van der Waals surface area contributed by atoms with E-state index in [4.69, 9.17) is 0 Å². The molecule has 0 saturated carbocycles. The fourth-order valence-electron chi connectivity index (χ4n) is 1.72. The second kappa shape index (κ2) is 4.79. The molecular formula is C12H15N3O. The Bertz CT molecular complexity index is 451. The third kappa shape index (κ3) is 2.05. The van der Waals surface area contributed by atoms with E-state index in [0.29, 0.717) is 5.75 Å². The monoisotopic (exact) mass is 217 g/mol. The molecule has 0 aliphatic heterocycles. The highest BCUT2D eigenvalue weighted by atomic mass is 16.3. The van der Waals surface area contributed by atoms with Crippen LogP contribution in [0.15, 0.2) is 30.6 Å². The van der Waals surface area contributed by atoms with E-state index < -0.39 is 0 Å². The quantitative estimate of drug-likeness (QED) is 0.855. The first-order valence-electron chi connectivity index (χ1n) is 5.50. The summed E-state index contributed by atoms with van der Waals surface area (Å²) in [5.74, 6) is 0.335. The van der Waals surface area contributed by atoms with Gasteiger partial charge in [0.2, 0.25) is 0 Å². The Hall–Kier alpha value is -1.84. The zero-order chi connectivity index (χ0) is 11.4. The van der Waals surface area contributed by atoms with E-state index in [1.165, 1.54) is 0 Å². The van der Waals surface area contributed by atoms with Crippen LogP contribution in [-0.4, -0.2) is 20.1 Å². The van der Waals surface area contributed by atoms with Crippen molar-refractivity contribution in [3.8, 4) is 11.4 Å². The van der Waals surface area contributed by atoms with E-state index >= 15 is 0 Å². The lowest BCUT2D eigenvalue weighted by molar-refractivity contribution is 0.466. The van der Waals surface area contributed by atoms with E-state index in [9.17, 15) is 5.11 Å². The van der Waals surface area contributed by atoms with Gasteiger partial charge in [-0.2, -0.15) is 0 Å². The minimum Gasteiger partial charge on any atom is -0.508 e. The summed E-state index contributed by atoms with van der Waals surface area (Å²) in [4.78, 5) is 0. The van der Waals surface area contributed by atoms with Crippen molar-refractivity contribution >= 4 is 0 Å². The Balaban J connectivity index is 2.40. The van der Waals surface area contributed by atoms with Crippen LogP contribution in [0.1, 0.15) is 25.3 Å². The van der Waals surface area contributed by atoms with Crippen molar-refractivity contribution in [2.45, 2.75) is 26.2 Å². The van der Waals surface area contributed by atoms with Gasteiger partial charge in [-0.3, -0.25) is 0 Å². The molecule has 1 aromatic heterocycles. The molecule has 1 N–H and O–H groups in total. The lowest BCUT2D eigenvalue weighted by Gasteiger charge is -2.10. The van der Waals surface area contributed by atoms with Crippen LogP contribution in [0, 0.1) is 0 Å². The highest BCUT2D eigenvalue weighted by Crippen LogP contribution is 2.25. The van der Waals surface area contributed by atoms with Gasteiger partial charge in [0.25, 0.3) is 0 Å². The van der Waals surface area contributed by atoms with Crippen molar-refractivity contribution in [2.24, 2.45) is 0 Å². The lowest BCUT2D eigenvalue weighted by Crippen LogP contribution is -2.01. The van der Waals surface area contributed by atoms with Gasteiger partial charge in [-0.15, -0.1) is 5.10 Å². The number of phenolic OH excluding ortho intramolecular Hbond substituents is 1. The minimum absolute atomic E-state index is 0.335. The van der Waals surface area contributed by atoms with Crippen LogP contribution in [0.4, 0.5) is 0 Å². The molecular weight excluding hydrogens is 202 g/mol. The molecule has 1 aromatic carbocycles. The van der Waals surface area contributed by atoms with Crippen molar-refractivity contribution < 1.29 is 5.11 Å². The summed E-state index contributed by atoms with van der Waals surface area (Å²) in [5.41, 5.74) is 1.85. The molecule has 0 unspecified atom stereocenters. The van der Waals surface area contributed by atoms with E-state index in [1.54, 1.807) is 23.1 Å². The number of hydrogen-bond donors (Lipinski definition) is 1. The molecule has 16 heavy (non-hydrogen) atoms. The lowest BCUT2D eigenvalue weighted by atomic mass is 10.1. The number of unbranched alkanes of at least 4 members (excludes halogenated alkanes) is 1. The molecule has 84 valence electrons. The molecule has 4 heteroatoms. The van der Waals surface area contributed by atoms with Crippen LogP contribution in [-0.2, 0) is 6.42 Å². The number of hydrogen-bond acceptors (Lipinski definition) is 3.